The Hall–Kier alpha value is -1.34. The van der Waals surface area contributed by atoms with Gasteiger partial charge in [-0.15, -0.1) is 0 Å². The van der Waals surface area contributed by atoms with Crippen LogP contribution in [0.2, 0.25) is 0 Å². The Morgan fingerprint density at radius 3 is 2.71 bits per heavy atom. The maximum atomic E-state index is 11.5. The molecule has 0 heterocycles. The van der Waals surface area contributed by atoms with Crippen LogP contribution in [0.15, 0.2) is 0 Å². The molecule has 3 atom stereocenters. The number of ether oxygens (including phenoxy) is 1. The van der Waals surface area contributed by atoms with Crippen molar-refractivity contribution in [3.63, 3.8) is 0 Å². The van der Waals surface area contributed by atoms with Crippen LogP contribution in [0.5, 0.6) is 0 Å². The number of amides is 2. The predicted molar refractivity (Wildman–Crippen MR) is 58.6 cm³/mol. The van der Waals surface area contributed by atoms with Crippen LogP contribution in [-0.4, -0.2) is 54.1 Å². The van der Waals surface area contributed by atoms with Crippen LogP contribution >= 0.6 is 0 Å². The third-order valence-corrected chi connectivity index (χ3v) is 2.86. The molecule has 0 saturated heterocycles. The van der Waals surface area contributed by atoms with Gasteiger partial charge in [0.05, 0.1) is 18.8 Å². The van der Waals surface area contributed by atoms with Crippen molar-refractivity contribution in [3.8, 4) is 0 Å². The molecule has 7 nitrogen and oxygen atoms in total. The molecule has 17 heavy (non-hydrogen) atoms. The first-order valence-corrected chi connectivity index (χ1v) is 5.52. The second-order valence-electron chi connectivity index (χ2n) is 4.00. The molecule has 0 radical (unpaired) electrons. The summed E-state index contributed by atoms with van der Waals surface area (Å²) in [7, 11) is 1.58. The lowest BCUT2D eigenvalue weighted by atomic mass is 10.2. The van der Waals surface area contributed by atoms with Crippen LogP contribution in [0.1, 0.15) is 19.3 Å². The fourth-order valence-electron chi connectivity index (χ4n) is 1.93. The summed E-state index contributed by atoms with van der Waals surface area (Å²) in [6.07, 6.45) is 2.62. The average molecular weight is 246 g/mol. The Morgan fingerprint density at radius 2 is 2.18 bits per heavy atom. The molecule has 1 saturated carbocycles. The van der Waals surface area contributed by atoms with Gasteiger partial charge in [-0.25, -0.2) is 9.59 Å². The molecule has 0 aliphatic heterocycles. The zero-order valence-electron chi connectivity index (χ0n) is 9.68. The Bertz CT molecular complexity index is 284. The van der Waals surface area contributed by atoms with E-state index in [0.717, 1.165) is 19.3 Å². The first-order chi connectivity index (χ1) is 8.08. The van der Waals surface area contributed by atoms with Gasteiger partial charge in [0.25, 0.3) is 0 Å². The summed E-state index contributed by atoms with van der Waals surface area (Å²) in [5.41, 5.74) is 0. The molecule has 0 bridgehead atoms. The number of carbonyl (C=O) groups excluding carboxylic acids is 1. The van der Waals surface area contributed by atoms with Gasteiger partial charge in [-0.3, -0.25) is 0 Å². The highest BCUT2D eigenvalue weighted by molar-refractivity contribution is 5.82. The molecule has 4 N–H and O–H groups in total. The zero-order valence-corrected chi connectivity index (χ0v) is 9.68. The lowest BCUT2D eigenvalue weighted by molar-refractivity contribution is -0.140. The van der Waals surface area contributed by atoms with E-state index in [0.29, 0.717) is 0 Å². The number of urea groups is 1. The van der Waals surface area contributed by atoms with E-state index in [-0.39, 0.29) is 12.1 Å². The molecule has 98 valence electrons. The Morgan fingerprint density at radius 1 is 1.47 bits per heavy atom. The first-order valence-electron chi connectivity index (χ1n) is 5.52. The highest BCUT2D eigenvalue weighted by Crippen LogP contribution is 2.21. The summed E-state index contributed by atoms with van der Waals surface area (Å²) < 4.78 is 5.20. The number of hydrogen-bond donors (Lipinski definition) is 4. The number of hydrogen-bond acceptors (Lipinski definition) is 4. The second kappa shape index (κ2) is 6.41. The van der Waals surface area contributed by atoms with Gasteiger partial charge in [0.1, 0.15) is 0 Å². The van der Waals surface area contributed by atoms with Crippen molar-refractivity contribution in [3.05, 3.63) is 0 Å². The van der Waals surface area contributed by atoms with Crippen LogP contribution in [0.3, 0.4) is 0 Å². The average Bonchev–Trinajstić information content (AvgIpc) is 2.72. The van der Waals surface area contributed by atoms with E-state index in [1.54, 1.807) is 7.11 Å². The summed E-state index contributed by atoms with van der Waals surface area (Å²) in [5.74, 6) is -1.27. The maximum absolute atomic E-state index is 11.5. The highest BCUT2D eigenvalue weighted by Gasteiger charge is 2.29. The van der Waals surface area contributed by atoms with Gasteiger partial charge in [0, 0.05) is 7.11 Å². The van der Waals surface area contributed by atoms with Gasteiger partial charge in [-0.1, -0.05) is 0 Å². The fraction of sp³-hybridized carbons (Fsp3) is 0.800. The Kier molecular flexibility index (Phi) is 5.17. The summed E-state index contributed by atoms with van der Waals surface area (Å²) in [6.45, 7) is -0.638. The highest BCUT2D eigenvalue weighted by atomic mass is 16.5. The predicted octanol–water partition coefficient (Wildman–Crippen LogP) is -0.701. The first kappa shape index (κ1) is 13.7. The van der Waals surface area contributed by atoms with Crippen molar-refractivity contribution >= 4 is 12.0 Å². The maximum Gasteiger partial charge on any atom is 0.328 e. The number of rotatable bonds is 5. The number of aliphatic carboxylic acids is 1. The number of carboxylic acids is 1. The van der Waals surface area contributed by atoms with E-state index in [4.69, 9.17) is 14.9 Å². The van der Waals surface area contributed by atoms with Crippen molar-refractivity contribution in [1.29, 1.82) is 0 Å². The van der Waals surface area contributed by atoms with Crippen LogP contribution in [0, 0.1) is 0 Å². The summed E-state index contributed by atoms with van der Waals surface area (Å²) in [6, 6.07) is -1.98. The van der Waals surface area contributed by atoms with Gasteiger partial charge in [-0.2, -0.15) is 0 Å². The smallest absolute Gasteiger partial charge is 0.328 e. The number of carboxylic acid groups (broad SMARTS) is 1. The van der Waals surface area contributed by atoms with Crippen molar-refractivity contribution in [2.75, 3.05) is 13.7 Å². The molecule has 1 aliphatic carbocycles. The van der Waals surface area contributed by atoms with Crippen molar-refractivity contribution in [1.82, 2.24) is 10.6 Å². The molecule has 1 aliphatic rings. The van der Waals surface area contributed by atoms with Crippen LogP contribution < -0.4 is 10.6 Å². The third-order valence-electron chi connectivity index (χ3n) is 2.86. The van der Waals surface area contributed by atoms with Gasteiger partial charge in [0.2, 0.25) is 0 Å². The molecular weight excluding hydrogens is 228 g/mol. The monoisotopic (exact) mass is 246 g/mol. The molecule has 1 fully saturated rings. The zero-order chi connectivity index (χ0) is 12.8. The standard InChI is InChI=1S/C10H18N2O5/c1-17-8-4-2-3-6(8)11-10(16)12-7(5-13)9(14)15/h6-8,13H,2-5H2,1H3,(H,14,15)(H2,11,12,16)/t6?,7-,8?/m0/s1. The van der Waals surface area contributed by atoms with E-state index in [1.165, 1.54) is 0 Å². The van der Waals surface area contributed by atoms with Crippen molar-refractivity contribution in [2.45, 2.75) is 37.5 Å². The number of aliphatic hydroxyl groups is 1. The van der Waals surface area contributed by atoms with Gasteiger partial charge >= 0.3 is 12.0 Å². The van der Waals surface area contributed by atoms with E-state index in [2.05, 4.69) is 10.6 Å². The SMILES string of the molecule is COC1CCCC1NC(=O)N[C@@H](CO)C(=O)O. The molecule has 2 unspecified atom stereocenters. The van der Waals surface area contributed by atoms with Gasteiger partial charge in [0.15, 0.2) is 6.04 Å². The Balaban J connectivity index is 2.41. The van der Waals surface area contributed by atoms with Crippen LogP contribution in [0.25, 0.3) is 0 Å². The normalized spacial score (nSPS) is 25.3. The van der Waals surface area contributed by atoms with Gasteiger partial charge < -0.3 is 25.6 Å². The van der Waals surface area contributed by atoms with Crippen molar-refractivity contribution < 1.29 is 24.5 Å². The van der Waals surface area contributed by atoms with Crippen LogP contribution in [0.4, 0.5) is 4.79 Å². The second-order valence-corrected chi connectivity index (χ2v) is 4.00. The summed E-state index contributed by atoms with van der Waals surface area (Å²) >= 11 is 0. The minimum Gasteiger partial charge on any atom is -0.480 e. The molecule has 7 heteroatoms. The van der Waals surface area contributed by atoms with Crippen LogP contribution in [-0.2, 0) is 9.53 Å². The molecule has 1 rings (SSSR count). The van der Waals surface area contributed by atoms with E-state index in [9.17, 15) is 9.59 Å². The quantitative estimate of drug-likeness (QED) is 0.513. The topological polar surface area (TPSA) is 108 Å². The summed E-state index contributed by atoms with van der Waals surface area (Å²) in [4.78, 5) is 22.1. The molecular formula is C10H18N2O5. The van der Waals surface area contributed by atoms with E-state index >= 15 is 0 Å². The largest absolute Gasteiger partial charge is 0.480 e. The molecule has 2 amide bonds. The number of methoxy groups -OCH3 is 1. The fourth-order valence-corrected chi connectivity index (χ4v) is 1.93. The third kappa shape index (κ3) is 3.86. The molecule has 0 spiro atoms. The van der Waals surface area contributed by atoms with Gasteiger partial charge in [-0.05, 0) is 19.3 Å². The lowest BCUT2D eigenvalue weighted by Gasteiger charge is -2.21. The van der Waals surface area contributed by atoms with E-state index in [1.807, 2.05) is 0 Å². The number of carbonyl (C=O) groups is 2. The van der Waals surface area contributed by atoms with Crippen molar-refractivity contribution in [2.24, 2.45) is 0 Å². The Labute approximate surface area is 99.1 Å². The minimum absolute atomic E-state index is 0.0295. The molecule has 0 aromatic heterocycles. The van der Waals surface area contributed by atoms with E-state index < -0.39 is 24.6 Å². The molecule has 0 aromatic rings. The number of aliphatic hydroxyl groups excluding tert-OH is 1. The minimum atomic E-state index is -1.28. The molecule has 0 aromatic carbocycles. The lowest BCUT2D eigenvalue weighted by Crippen LogP contribution is -2.52. The summed E-state index contributed by atoms with van der Waals surface area (Å²) in [5, 5.41) is 22.2. The number of nitrogens with one attached hydrogen (secondary N) is 2.